The summed E-state index contributed by atoms with van der Waals surface area (Å²) in [5.41, 5.74) is 1.30. The molecule has 0 aliphatic carbocycles. The SMILES string of the molecule is CCCC[c-]1c(=O)n(-c2ccccc2)n(-c2ccccc2)c1=O.[K+]. The van der Waals surface area contributed by atoms with Crippen LogP contribution in [-0.4, -0.2) is 9.36 Å². The van der Waals surface area contributed by atoms with Crippen LogP contribution in [0.25, 0.3) is 11.4 Å². The smallest absolute Gasteiger partial charge is 0.308 e. The van der Waals surface area contributed by atoms with Crippen LogP contribution in [0.4, 0.5) is 0 Å². The number of benzene rings is 2. The molecule has 118 valence electrons. The van der Waals surface area contributed by atoms with Crippen molar-refractivity contribution in [3.63, 3.8) is 0 Å². The number of hydrogen-bond acceptors (Lipinski definition) is 2. The fraction of sp³-hybridized carbons (Fsp3) is 0.211. The van der Waals surface area contributed by atoms with E-state index in [0.29, 0.717) is 23.4 Å². The Morgan fingerprint density at radius 2 is 1.21 bits per heavy atom. The summed E-state index contributed by atoms with van der Waals surface area (Å²) >= 11 is 0. The van der Waals surface area contributed by atoms with Gasteiger partial charge < -0.3 is 9.59 Å². The van der Waals surface area contributed by atoms with E-state index in [1.165, 1.54) is 9.36 Å². The minimum Gasteiger partial charge on any atom is -0.308 e. The van der Waals surface area contributed by atoms with Crippen LogP contribution < -0.4 is 62.5 Å². The fourth-order valence-electron chi connectivity index (χ4n) is 2.70. The molecule has 1 heterocycles. The van der Waals surface area contributed by atoms with Gasteiger partial charge in [0.05, 0.1) is 11.4 Å². The molecule has 0 amide bonds. The van der Waals surface area contributed by atoms with Crippen molar-refractivity contribution in [3.05, 3.63) is 86.9 Å². The molecule has 0 saturated carbocycles. The predicted octanol–water partition coefficient (Wildman–Crippen LogP) is 0.0539. The van der Waals surface area contributed by atoms with Gasteiger partial charge in [-0.1, -0.05) is 56.2 Å². The Bertz CT molecular complexity index is 822. The molecule has 0 N–H and O–H groups in total. The Morgan fingerprint density at radius 1 is 0.792 bits per heavy atom. The minimum atomic E-state index is -0.224. The summed E-state index contributed by atoms with van der Waals surface area (Å²) in [6, 6.07) is 18.6. The first-order valence-electron chi connectivity index (χ1n) is 7.88. The van der Waals surface area contributed by atoms with E-state index >= 15 is 0 Å². The van der Waals surface area contributed by atoms with E-state index in [4.69, 9.17) is 0 Å². The molecule has 1 aromatic heterocycles. The number of unbranched alkanes of at least 4 members (excludes halogenated alkanes) is 1. The van der Waals surface area contributed by atoms with E-state index in [-0.39, 0.29) is 62.5 Å². The molecule has 0 saturated heterocycles. The zero-order chi connectivity index (χ0) is 16.2. The van der Waals surface area contributed by atoms with Crippen LogP contribution in [0.2, 0.25) is 0 Å². The van der Waals surface area contributed by atoms with Gasteiger partial charge in [-0.25, -0.2) is 14.9 Å². The van der Waals surface area contributed by atoms with Crippen LogP contribution in [-0.2, 0) is 6.42 Å². The van der Waals surface area contributed by atoms with Crippen molar-refractivity contribution in [2.24, 2.45) is 0 Å². The maximum Gasteiger partial charge on any atom is 1.00 e. The maximum atomic E-state index is 12.8. The van der Waals surface area contributed by atoms with Crippen molar-refractivity contribution in [1.82, 2.24) is 9.36 Å². The Labute approximate surface area is 183 Å². The van der Waals surface area contributed by atoms with Crippen molar-refractivity contribution < 1.29 is 51.4 Å². The zero-order valence-corrected chi connectivity index (χ0v) is 17.2. The van der Waals surface area contributed by atoms with E-state index < -0.39 is 0 Å². The topological polar surface area (TPSA) is 44.0 Å². The fourth-order valence-corrected chi connectivity index (χ4v) is 2.70. The Kier molecular flexibility index (Phi) is 7.07. The van der Waals surface area contributed by atoms with Gasteiger partial charge in [0.2, 0.25) is 0 Å². The van der Waals surface area contributed by atoms with E-state index in [9.17, 15) is 9.59 Å². The number of hydrogen-bond donors (Lipinski definition) is 0. The minimum absolute atomic E-state index is 0. The normalized spacial score (nSPS) is 10.4. The predicted molar refractivity (Wildman–Crippen MR) is 91.8 cm³/mol. The summed E-state index contributed by atoms with van der Waals surface area (Å²) in [7, 11) is 0. The van der Waals surface area contributed by atoms with E-state index in [0.717, 1.165) is 12.8 Å². The summed E-state index contributed by atoms with van der Waals surface area (Å²) in [6.07, 6.45) is 2.29. The second-order valence-corrected chi connectivity index (χ2v) is 5.49. The van der Waals surface area contributed by atoms with Crippen molar-refractivity contribution in [2.45, 2.75) is 26.2 Å². The molecule has 2 aromatic carbocycles. The van der Waals surface area contributed by atoms with Gasteiger partial charge in [-0.05, 0) is 24.3 Å². The maximum absolute atomic E-state index is 12.8. The van der Waals surface area contributed by atoms with E-state index in [1.807, 2.05) is 67.6 Å². The third kappa shape index (κ3) is 3.76. The second-order valence-electron chi connectivity index (χ2n) is 5.49. The first-order valence-corrected chi connectivity index (χ1v) is 7.88. The molecule has 4 nitrogen and oxygen atoms in total. The molecule has 0 radical (unpaired) electrons. The third-order valence-electron chi connectivity index (χ3n) is 3.88. The van der Waals surface area contributed by atoms with Gasteiger partial charge in [0.1, 0.15) is 11.1 Å². The Hall–Kier alpha value is -1.11. The number of nitrogens with zero attached hydrogens (tertiary/aromatic N) is 2. The molecule has 0 aliphatic heterocycles. The summed E-state index contributed by atoms with van der Waals surface area (Å²) in [6.45, 7) is 2.05. The van der Waals surface area contributed by atoms with Crippen molar-refractivity contribution >= 4 is 0 Å². The Balaban J connectivity index is 0.00000208. The molecular formula is C19H19KN2O2. The molecule has 0 spiro atoms. The van der Waals surface area contributed by atoms with Gasteiger partial charge >= 0.3 is 51.4 Å². The second kappa shape index (κ2) is 8.83. The van der Waals surface area contributed by atoms with Crippen molar-refractivity contribution in [3.8, 4) is 11.4 Å². The molecular weight excluding hydrogens is 327 g/mol. The van der Waals surface area contributed by atoms with Crippen LogP contribution in [0.3, 0.4) is 0 Å². The molecule has 24 heavy (non-hydrogen) atoms. The van der Waals surface area contributed by atoms with Gasteiger partial charge in [-0.2, -0.15) is 0 Å². The third-order valence-corrected chi connectivity index (χ3v) is 3.88. The zero-order valence-electron chi connectivity index (χ0n) is 14.1. The van der Waals surface area contributed by atoms with Gasteiger partial charge in [-0.3, -0.25) is 0 Å². The van der Waals surface area contributed by atoms with Crippen molar-refractivity contribution in [1.29, 1.82) is 0 Å². The van der Waals surface area contributed by atoms with E-state index in [2.05, 4.69) is 0 Å². The summed E-state index contributed by atoms with van der Waals surface area (Å²) in [5, 5.41) is 0. The van der Waals surface area contributed by atoms with Gasteiger partial charge in [0.15, 0.2) is 0 Å². The first kappa shape index (κ1) is 19.2. The number of para-hydroxylation sites is 2. The average Bonchev–Trinajstić information content (AvgIpc) is 2.85. The molecule has 3 aromatic rings. The van der Waals surface area contributed by atoms with Gasteiger partial charge in [0.25, 0.3) is 0 Å². The molecule has 5 heteroatoms. The molecule has 0 bridgehead atoms. The standard InChI is InChI=1S/C19H19N2O2.K/c1-2-3-14-17-18(22)20(15-10-6-4-7-11-15)21(19(17)23)16-12-8-5-9-13-16;/h4-13H,2-3,14H2,1H3;/q-1;+1. The first-order chi connectivity index (χ1) is 11.2. The summed E-state index contributed by atoms with van der Waals surface area (Å²) in [4.78, 5) is 25.7. The molecule has 0 aliphatic rings. The average molecular weight is 346 g/mol. The number of rotatable bonds is 5. The van der Waals surface area contributed by atoms with Crippen LogP contribution in [0.15, 0.2) is 70.3 Å². The molecule has 3 rings (SSSR count). The largest absolute Gasteiger partial charge is 1.00 e. The van der Waals surface area contributed by atoms with Crippen LogP contribution >= 0.6 is 0 Å². The van der Waals surface area contributed by atoms with Gasteiger partial charge in [0, 0.05) is 0 Å². The molecule has 0 unspecified atom stereocenters. The Morgan fingerprint density at radius 3 is 1.58 bits per heavy atom. The molecule has 0 atom stereocenters. The quantitative estimate of drug-likeness (QED) is 0.484. The van der Waals surface area contributed by atoms with Crippen molar-refractivity contribution in [2.75, 3.05) is 0 Å². The summed E-state index contributed by atoms with van der Waals surface area (Å²) < 4.78 is 2.95. The molecule has 0 fully saturated rings. The monoisotopic (exact) mass is 346 g/mol. The van der Waals surface area contributed by atoms with Crippen LogP contribution in [0.5, 0.6) is 0 Å². The van der Waals surface area contributed by atoms with E-state index in [1.54, 1.807) is 0 Å². The van der Waals surface area contributed by atoms with Crippen LogP contribution in [0.1, 0.15) is 25.3 Å². The van der Waals surface area contributed by atoms with Gasteiger partial charge in [-0.15, -0.1) is 6.42 Å². The number of aromatic nitrogens is 2. The van der Waals surface area contributed by atoms with Crippen LogP contribution in [0, 0.1) is 0 Å². The summed E-state index contributed by atoms with van der Waals surface area (Å²) in [5.74, 6) is 0.